The molecule has 1 aromatic carbocycles. The van der Waals surface area contributed by atoms with Gasteiger partial charge in [0.05, 0.1) is 75.0 Å². The number of hydrogen-bond acceptors (Lipinski definition) is 14. The van der Waals surface area contributed by atoms with Crippen LogP contribution in [0.2, 0.25) is 0 Å². The lowest BCUT2D eigenvalue weighted by atomic mass is 9.71. The standard InChI is InChI=1S/C11H14O2.C10H18O2.3C9H16O2.C8H14O2.C5H10O2/c1-9(2)11(12)13-8-10-6-4-3-5-7-10;1-8(2)9(11)12-7-10(3)5-4-6-10;1-7(2)8(10)11-6-9(3)4-5-9;1-7(2)9(10)11-6-8-4-3-5-8;1-4-9(5-6-9)11-8(10)7(2)3;1-6(2)8(9)10-5-7-3-4-7;1-4(2)5(6)7-3/h3-7,9H,8H2,1-2H3;8H,4-7H2,1-3H3;7H,4-6H2,1-3H3;7-8H,3-6H2,1-2H3;7H,4-6H2,1-3H3;6-7H,3-5H2,1-2H3;4H,1-3H3. The van der Waals surface area contributed by atoms with Gasteiger partial charge in [-0.2, -0.15) is 0 Å². The van der Waals surface area contributed by atoms with Gasteiger partial charge in [0.1, 0.15) is 12.2 Å². The second-order valence-corrected chi connectivity index (χ2v) is 23.8. The lowest BCUT2D eigenvalue weighted by Crippen LogP contribution is -2.32. The molecule has 0 aromatic heterocycles. The molecule has 6 rings (SSSR count). The van der Waals surface area contributed by atoms with Crippen LogP contribution in [0, 0.1) is 64.1 Å². The Kier molecular flexibility index (Phi) is 34.3. The van der Waals surface area contributed by atoms with E-state index in [0.29, 0.717) is 55.7 Å². The van der Waals surface area contributed by atoms with Gasteiger partial charge < -0.3 is 33.2 Å². The van der Waals surface area contributed by atoms with Gasteiger partial charge in [-0.3, -0.25) is 33.6 Å². The van der Waals surface area contributed by atoms with Crippen molar-refractivity contribution in [1.29, 1.82) is 0 Å². The highest BCUT2D eigenvalue weighted by Gasteiger charge is 2.45. The summed E-state index contributed by atoms with van der Waals surface area (Å²) < 4.78 is 35.1. The monoisotopic (exact) mass is 1060 g/mol. The number of esters is 7. The highest BCUT2D eigenvalue weighted by molar-refractivity contribution is 5.73. The molecule has 0 spiro atoms. The first-order chi connectivity index (χ1) is 34.9. The molecule has 1 aromatic rings. The van der Waals surface area contributed by atoms with Crippen LogP contribution in [0.5, 0.6) is 0 Å². The lowest BCUT2D eigenvalue weighted by molar-refractivity contribution is -0.155. The zero-order chi connectivity index (χ0) is 57.5. The normalized spacial score (nSPS) is 16.7. The number of hydrogen-bond donors (Lipinski definition) is 0. The van der Waals surface area contributed by atoms with Crippen molar-refractivity contribution in [2.45, 2.75) is 213 Å². The molecule has 75 heavy (non-hydrogen) atoms. The molecule has 5 aliphatic rings. The Labute approximate surface area is 453 Å². The summed E-state index contributed by atoms with van der Waals surface area (Å²) in [4.78, 5) is 76.4. The summed E-state index contributed by atoms with van der Waals surface area (Å²) in [5.41, 5.74) is 1.59. The molecule has 432 valence electrons. The average Bonchev–Trinajstić information content (AvgIpc) is 4.26. The predicted molar refractivity (Wildman–Crippen MR) is 294 cm³/mol. The quantitative estimate of drug-likeness (QED) is 0.0941. The van der Waals surface area contributed by atoms with Crippen LogP contribution in [-0.4, -0.2) is 80.9 Å². The van der Waals surface area contributed by atoms with Crippen LogP contribution in [0.3, 0.4) is 0 Å². The summed E-state index contributed by atoms with van der Waals surface area (Å²) in [7, 11) is 1.39. The zero-order valence-corrected chi connectivity index (χ0v) is 50.0. The van der Waals surface area contributed by atoms with Gasteiger partial charge in [-0.05, 0) is 88.0 Å². The van der Waals surface area contributed by atoms with Gasteiger partial charge in [0.25, 0.3) is 0 Å². The number of carbonyl (C=O) groups excluding carboxylic acids is 7. The van der Waals surface area contributed by atoms with Crippen molar-refractivity contribution >= 4 is 41.8 Å². The van der Waals surface area contributed by atoms with Crippen LogP contribution in [0.15, 0.2) is 30.3 Å². The van der Waals surface area contributed by atoms with Crippen molar-refractivity contribution < 1.29 is 66.7 Å². The topological polar surface area (TPSA) is 184 Å². The fourth-order valence-corrected chi connectivity index (χ4v) is 5.91. The maximum absolute atomic E-state index is 11.1. The number of ether oxygens (including phenoxy) is 7. The number of benzene rings is 1. The predicted octanol–water partition coefficient (Wildman–Crippen LogP) is 13.3. The first-order valence-electron chi connectivity index (χ1n) is 28.1. The molecule has 0 unspecified atom stereocenters. The highest BCUT2D eigenvalue weighted by Crippen LogP contribution is 2.45. The molecule has 0 saturated heterocycles. The average molecular weight is 1060 g/mol. The van der Waals surface area contributed by atoms with E-state index in [4.69, 9.17) is 28.4 Å². The molecule has 0 amide bonds. The Bertz CT molecular complexity index is 1790. The van der Waals surface area contributed by atoms with E-state index >= 15 is 0 Å². The Balaban J connectivity index is 0.000000857. The fourth-order valence-electron chi connectivity index (χ4n) is 5.91. The van der Waals surface area contributed by atoms with Crippen molar-refractivity contribution in [1.82, 2.24) is 0 Å². The SMILES string of the molecule is CC(C)C(=O)OCC1(C)CC1.CC(C)C(=O)OCC1(C)CCC1.CC(C)C(=O)OCC1CC1.CC(C)C(=O)OCC1CCC1.CC(C)C(=O)OCc1ccccc1.CCC1(OC(=O)C(C)C)CC1.COC(=O)C(C)C. The third-order valence-electron chi connectivity index (χ3n) is 13.1. The smallest absolute Gasteiger partial charge is 0.308 e. The Morgan fingerprint density at radius 1 is 0.453 bits per heavy atom. The van der Waals surface area contributed by atoms with Gasteiger partial charge in [-0.25, -0.2) is 0 Å². The number of carbonyl (C=O) groups is 7. The maximum Gasteiger partial charge on any atom is 0.308 e. The van der Waals surface area contributed by atoms with E-state index in [-0.39, 0.29) is 88.8 Å². The third kappa shape index (κ3) is 34.7. The highest BCUT2D eigenvalue weighted by atomic mass is 16.6. The van der Waals surface area contributed by atoms with E-state index in [1.165, 1.54) is 71.3 Å². The molecule has 0 radical (unpaired) electrons. The summed E-state index contributed by atoms with van der Waals surface area (Å²) in [6.07, 6.45) is 15.5. The van der Waals surface area contributed by atoms with E-state index in [9.17, 15) is 33.6 Å². The van der Waals surface area contributed by atoms with Crippen molar-refractivity contribution in [3.63, 3.8) is 0 Å². The van der Waals surface area contributed by atoms with Gasteiger partial charge in [0.2, 0.25) is 0 Å². The van der Waals surface area contributed by atoms with Crippen molar-refractivity contribution in [3.8, 4) is 0 Å². The molecule has 14 heteroatoms. The fraction of sp³-hybridized carbons (Fsp3) is 0.787. The van der Waals surface area contributed by atoms with Gasteiger partial charge in [0, 0.05) is 10.8 Å². The molecule has 5 fully saturated rings. The number of methoxy groups -OCH3 is 1. The van der Waals surface area contributed by atoms with E-state index < -0.39 is 0 Å². The van der Waals surface area contributed by atoms with E-state index in [1.807, 2.05) is 113 Å². The summed E-state index contributed by atoms with van der Waals surface area (Å²) in [5, 5.41) is 0. The second-order valence-electron chi connectivity index (χ2n) is 23.8. The Morgan fingerprint density at radius 3 is 1.08 bits per heavy atom. The van der Waals surface area contributed by atoms with E-state index in [1.54, 1.807) is 13.8 Å². The molecule has 0 bridgehead atoms. The van der Waals surface area contributed by atoms with Crippen LogP contribution < -0.4 is 0 Å². The van der Waals surface area contributed by atoms with Crippen LogP contribution in [0.1, 0.15) is 207 Å². The van der Waals surface area contributed by atoms with Gasteiger partial charge >= 0.3 is 41.8 Å². The van der Waals surface area contributed by atoms with Crippen molar-refractivity contribution in [2.24, 2.45) is 64.1 Å². The Hall–Kier alpha value is -4.49. The molecular weight excluding hydrogens is 957 g/mol. The molecule has 5 saturated carbocycles. The molecule has 0 atom stereocenters. The molecule has 0 heterocycles. The lowest BCUT2D eigenvalue weighted by Gasteiger charge is -2.37. The summed E-state index contributed by atoms with van der Waals surface area (Å²) in [6, 6.07) is 9.67. The first-order valence-corrected chi connectivity index (χ1v) is 28.1. The molecule has 14 nitrogen and oxygen atoms in total. The largest absolute Gasteiger partial charge is 0.469 e. The summed E-state index contributed by atoms with van der Waals surface area (Å²) in [5.74, 6) is 0.770. The number of rotatable bonds is 19. The molecule has 0 N–H and O–H groups in total. The molecule has 0 aliphatic heterocycles. The van der Waals surface area contributed by atoms with Crippen LogP contribution >= 0.6 is 0 Å². The van der Waals surface area contributed by atoms with Gasteiger partial charge in [0.15, 0.2) is 0 Å². The minimum absolute atomic E-state index is 0.00463. The molecular formula is C61H104O14. The third-order valence-corrected chi connectivity index (χ3v) is 13.1. The van der Waals surface area contributed by atoms with Gasteiger partial charge in [-0.15, -0.1) is 0 Å². The Morgan fingerprint density at radius 2 is 0.813 bits per heavy atom. The van der Waals surface area contributed by atoms with Crippen LogP contribution in [0.25, 0.3) is 0 Å². The first kappa shape index (κ1) is 70.5. The van der Waals surface area contributed by atoms with Crippen LogP contribution in [-0.2, 0) is 73.3 Å². The second kappa shape index (κ2) is 36.5. The van der Waals surface area contributed by atoms with E-state index in [2.05, 4.69) is 25.5 Å². The summed E-state index contributed by atoms with van der Waals surface area (Å²) >= 11 is 0. The van der Waals surface area contributed by atoms with Crippen LogP contribution in [0.4, 0.5) is 0 Å². The van der Waals surface area contributed by atoms with Crippen molar-refractivity contribution in [2.75, 3.05) is 33.5 Å². The van der Waals surface area contributed by atoms with E-state index in [0.717, 1.165) is 24.8 Å². The summed E-state index contributed by atoms with van der Waals surface area (Å²) in [6.45, 7) is 35.2. The maximum atomic E-state index is 11.1. The van der Waals surface area contributed by atoms with Crippen molar-refractivity contribution in [3.05, 3.63) is 35.9 Å². The molecule has 5 aliphatic carbocycles. The van der Waals surface area contributed by atoms with Gasteiger partial charge in [-0.1, -0.05) is 161 Å². The minimum Gasteiger partial charge on any atom is -0.469 e. The minimum atomic E-state index is -0.153. The zero-order valence-electron chi connectivity index (χ0n) is 50.0.